The van der Waals surface area contributed by atoms with Crippen LogP contribution in [0.3, 0.4) is 0 Å². The molecule has 1 saturated heterocycles. The molecule has 2 aromatic rings. The van der Waals surface area contributed by atoms with E-state index in [1.807, 2.05) is 55.5 Å². The van der Waals surface area contributed by atoms with E-state index >= 15 is 0 Å². The predicted octanol–water partition coefficient (Wildman–Crippen LogP) is 3.72. The van der Waals surface area contributed by atoms with Crippen LogP contribution in [0.4, 0.5) is 11.4 Å². The molecular formula is C20H21N3O3S. The highest BCUT2D eigenvalue weighted by Gasteiger charge is 2.32. The Balaban J connectivity index is 1.60. The van der Waals surface area contributed by atoms with Crippen LogP contribution >= 0.6 is 11.8 Å². The molecule has 2 amide bonds. The topological polar surface area (TPSA) is 79.8 Å². The number of amides is 2. The second kappa shape index (κ2) is 9.23. The number of para-hydroxylation sites is 3. The van der Waals surface area contributed by atoms with Crippen LogP contribution in [0, 0.1) is 0 Å². The molecule has 0 saturated carbocycles. The van der Waals surface area contributed by atoms with Gasteiger partial charge in [-0.2, -0.15) is 0 Å². The summed E-state index contributed by atoms with van der Waals surface area (Å²) in [5.74, 6) is 0.180. The Kier molecular flexibility index (Phi) is 6.49. The number of benzene rings is 2. The molecule has 1 heterocycles. The van der Waals surface area contributed by atoms with Gasteiger partial charge in [0.25, 0.3) is 0 Å². The van der Waals surface area contributed by atoms with Gasteiger partial charge in [-0.05, 0) is 30.7 Å². The van der Waals surface area contributed by atoms with E-state index in [1.165, 1.54) is 11.8 Å². The van der Waals surface area contributed by atoms with Crippen molar-refractivity contribution >= 4 is 40.1 Å². The molecule has 2 N–H and O–H groups in total. The predicted molar refractivity (Wildman–Crippen MR) is 109 cm³/mol. The van der Waals surface area contributed by atoms with E-state index in [4.69, 9.17) is 4.74 Å². The summed E-state index contributed by atoms with van der Waals surface area (Å²) in [6.45, 7) is 2.60. The zero-order chi connectivity index (χ0) is 19.1. The Labute approximate surface area is 162 Å². The highest BCUT2D eigenvalue weighted by Crippen LogP contribution is 2.27. The second-order valence-electron chi connectivity index (χ2n) is 5.95. The van der Waals surface area contributed by atoms with Crippen LogP contribution < -0.4 is 15.4 Å². The van der Waals surface area contributed by atoms with E-state index in [-0.39, 0.29) is 18.2 Å². The van der Waals surface area contributed by atoms with Crippen LogP contribution in [0.15, 0.2) is 59.6 Å². The van der Waals surface area contributed by atoms with Gasteiger partial charge in [0.1, 0.15) is 11.0 Å². The van der Waals surface area contributed by atoms with E-state index in [1.54, 1.807) is 6.07 Å². The molecule has 0 unspecified atom stereocenters. The lowest BCUT2D eigenvalue weighted by Gasteiger charge is -2.12. The molecule has 0 radical (unpaired) electrons. The Morgan fingerprint density at radius 3 is 2.70 bits per heavy atom. The molecule has 140 valence electrons. The van der Waals surface area contributed by atoms with Crippen molar-refractivity contribution in [2.45, 2.75) is 25.0 Å². The lowest BCUT2D eigenvalue weighted by Crippen LogP contribution is -2.28. The lowest BCUT2D eigenvalue weighted by molar-refractivity contribution is -0.122. The number of anilines is 1. The van der Waals surface area contributed by atoms with E-state index in [0.717, 1.165) is 12.1 Å². The zero-order valence-corrected chi connectivity index (χ0v) is 15.8. The molecule has 1 aliphatic heterocycles. The van der Waals surface area contributed by atoms with Crippen molar-refractivity contribution in [1.29, 1.82) is 0 Å². The van der Waals surface area contributed by atoms with Gasteiger partial charge < -0.3 is 15.4 Å². The molecule has 0 aromatic heterocycles. The summed E-state index contributed by atoms with van der Waals surface area (Å²) < 4.78 is 5.64. The Morgan fingerprint density at radius 2 is 1.93 bits per heavy atom. The van der Waals surface area contributed by atoms with Crippen molar-refractivity contribution in [3.63, 3.8) is 0 Å². The standard InChI is InChI=1S/C20H21N3O3S/c1-2-12-26-16-11-7-6-10-15(16)22-18(24)13-17-19(25)23-20(27-17)21-14-8-4-3-5-9-14/h3-11,17H,2,12-13H2,1H3,(H,22,24)(H,21,23,25)/t17-/m1/s1. The van der Waals surface area contributed by atoms with E-state index < -0.39 is 5.25 Å². The van der Waals surface area contributed by atoms with Crippen molar-refractivity contribution in [3.05, 3.63) is 54.6 Å². The second-order valence-corrected chi connectivity index (χ2v) is 7.14. The van der Waals surface area contributed by atoms with Gasteiger partial charge in [0.2, 0.25) is 11.8 Å². The molecule has 2 aromatic carbocycles. The number of amidine groups is 1. The fourth-order valence-corrected chi connectivity index (χ4v) is 3.48. The zero-order valence-electron chi connectivity index (χ0n) is 15.0. The first kappa shape index (κ1) is 19.0. The van der Waals surface area contributed by atoms with Gasteiger partial charge in [-0.1, -0.05) is 49.0 Å². The number of aliphatic imine (C=N–C) groups is 1. The van der Waals surface area contributed by atoms with Gasteiger partial charge >= 0.3 is 0 Å². The van der Waals surface area contributed by atoms with Crippen LogP contribution in [0.2, 0.25) is 0 Å². The molecule has 1 fully saturated rings. The van der Waals surface area contributed by atoms with E-state index in [2.05, 4.69) is 15.6 Å². The maximum atomic E-state index is 12.4. The number of hydrogen-bond acceptors (Lipinski definition) is 5. The summed E-state index contributed by atoms with van der Waals surface area (Å²) in [4.78, 5) is 29.0. The SMILES string of the molecule is CCCOc1ccccc1NC(=O)C[C@H]1SC(=Nc2ccccc2)NC1=O. The molecule has 0 bridgehead atoms. The first-order chi connectivity index (χ1) is 13.2. The maximum Gasteiger partial charge on any atom is 0.240 e. The third-order valence-corrected chi connectivity index (χ3v) is 4.84. The van der Waals surface area contributed by atoms with Gasteiger partial charge in [-0.25, -0.2) is 4.99 Å². The maximum absolute atomic E-state index is 12.4. The van der Waals surface area contributed by atoms with Gasteiger partial charge in [0.15, 0.2) is 5.17 Å². The van der Waals surface area contributed by atoms with Gasteiger partial charge in [-0.3, -0.25) is 9.59 Å². The number of thioether (sulfide) groups is 1. The van der Waals surface area contributed by atoms with Crippen molar-refractivity contribution < 1.29 is 14.3 Å². The summed E-state index contributed by atoms with van der Waals surface area (Å²) >= 11 is 1.27. The first-order valence-corrected chi connectivity index (χ1v) is 9.66. The highest BCUT2D eigenvalue weighted by atomic mass is 32.2. The number of rotatable bonds is 7. The molecule has 6 nitrogen and oxygen atoms in total. The Bertz CT molecular complexity index is 839. The average Bonchev–Trinajstić information content (AvgIpc) is 3.00. The van der Waals surface area contributed by atoms with Crippen LogP contribution in [-0.2, 0) is 9.59 Å². The molecule has 27 heavy (non-hydrogen) atoms. The highest BCUT2D eigenvalue weighted by molar-refractivity contribution is 8.15. The monoisotopic (exact) mass is 383 g/mol. The van der Waals surface area contributed by atoms with Crippen molar-refractivity contribution in [2.75, 3.05) is 11.9 Å². The summed E-state index contributed by atoms with van der Waals surface area (Å²) in [6, 6.07) is 16.6. The van der Waals surface area contributed by atoms with Crippen LogP contribution in [-0.4, -0.2) is 28.8 Å². The number of nitrogens with zero attached hydrogens (tertiary/aromatic N) is 1. The van der Waals surface area contributed by atoms with Gasteiger partial charge in [0.05, 0.1) is 18.0 Å². The normalized spacial score (nSPS) is 17.6. The third kappa shape index (κ3) is 5.34. The number of carbonyl (C=O) groups excluding carboxylic acids is 2. The molecule has 7 heteroatoms. The summed E-state index contributed by atoms with van der Waals surface area (Å²) in [6.07, 6.45) is 0.942. The summed E-state index contributed by atoms with van der Waals surface area (Å²) in [7, 11) is 0. The Hall–Kier alpha value is -2.80. The van der Waals surface area contributed by atoms with E-state index in [0.29, 0.717) is 23.2 Å². The number of ether oxygens (including phenoxy) is 1. The molecule has 0 aliphatic carbocycles. The number of hydrogen-bond donors (Lipinski definition) is 2. The van der Waals surface area contributed by atoms with Crippen molar-refractivity contribution in [1.82, 2.24) is 5.32 Å². The quantitative estimate of drug-likeness (QED) is 0.764. The number of nitrogens with one attached hydrogen (secondary N) is 2. The van der Waals surface area contributed by atoms with Crippen LogP contribution in [0.5, 0.6) is 5.75 Å². The Morgan fingerprint density at radius 1 is 1.19 bits per heavy atom. The van der Waals surface area contributed by atoms with E-state index in [9.17, 15) is 9.59 Å². The van der Waals surface area contributed by atoms with Gasteiger partial charge in [0, 0.05) is 6.42 Å². The van der Waals surface area contributed by atoms with Crippen molar-refractivity contribution in [2.24, 2.45) is 4.99 Å². The summed E-state index contributed by atoms with van der Waals surface area (Å²) in [5, 5.41) is 5.57. The summed E-state index contributed by atoms with van der Waals surface area (Å²) in [5.41, 5.74) is 1.37. The minimum Gasteiger partial charge on any atom is -0.491 e. The molecule has 0 spiro atoms. The smallest absolute Gasteiger partial charge is 0.240 e. The minimum absolute atomic E-state index is 0.0619. The van der Waals surface area contributed by atoms with Crippen LogP contribution in [0.1, 0.15) is 19.8 Å². The first-order valence-electron chi connectivity index (χ1n) is 8.78. The third-order valence-electron chi connectivity index (χ3n) is 3.76. The average molecular weight is 383 g/mol. The van der Waals surface area contributed by atoms with Crippen molar-refractivity contribution in [3.8, 4) is 5.75 Å². The number of carbonyl (C=O) groups is 2. The fourth-order valence-electron chi connectivity index (χ4n) is 2.49. The molecule has 1 atom stereocenters. The lowest BCUT2D eigenvalue weighted by atomic mass is 10.2. The van der Waals surface area contributed by atoms with Crippen LogP contribution in [0.25, 0.3) is 0 Å². The molecule has 3 rings (SSSR count). The van der Waals surface area contributed by atoms with Gasteiger partial charge in [-0.15, -0.1) is 0 Å². The molecular weight excluding hydrogens is 362 g/mol. The minimum atomic E-state index is -0.504. The largest absolute Gasteiger partial charge is 0.491 e. The molecule has 1 aliphatic rings. The fraction of sp³-hybridized carbons (Fsp3) is 0.250.